The Kier molecular flexibility index (Phi) is 3.80. The molecule has 2 unspecified atom stereocenters. The van der Waals surface area contributed by atoms with Gasteiger partial charge in [-0.2, -0.15) is 0 Å². The van der Waals surface area contributed by atoms with Gasteiger partial charge in [-0.25, -0.2) is 0 Å². The van der Waals surface area contributed by atoms with Gasteiger partial charge in [0.1, 0.15) is 11.6 Å². The zero-order chi connectivity index (χ0) is 14.8. The van der Waals surface area contributed by atoms with Gasteiger partial charge in [0.15, 0.2) is 0 Å². The summed E-state index contributed by atoms with van der Waals surface area (Å²) in [6.07, 6.45) is 5.70. The van der Waals surface area contributed by atoms with Gasteiger partial charge in [0, 0.05) is 13.0 Å². The van der Waals surface area contributed by atoms with Crippen molar-refractivity contribution in [1.29, 1.82) is 0 Å². The smallest absolute Gasteiger partial charge is 0.253 e. The Labute approximate surface area is 119 Å². The molecule has 1 N–H and O–H groups in total. The van der Waals surface area contributed by atoms with Crippen molar-refractivity contribution in [3.8, 4) is 12.3 Å². The fraction of sp³-hybridized carbons (Fsp3) is 0.375. The predicted octanol–water partition coefficient (Wildman–Crippen LogP) is 1.27. The number of terminal acetylenes is 1. The lowest BCUT2D eigenvalue weighted by Gasteiger charge is -2.43. The summed E-state index contributed by atoms with van der Waals surface area (Å²) in [6.45, 7) is 3.85. The van der Waals surface area contributed by atoms with Gasteiger partial charge in [0.2, 0.25) is 5.91 Å². The number of hydrogen-bond donors (Lipinski definition) is 1. The molecule has 0 aromatic heterocycles. The molecule has 1 aliphatic rings. The highest BCUT2D eigenvalue weighted by molar-refractivity contribution is 6.00. The fourth-order valence-electron chi connectivity index (χ4n) is 2.46. The lowest BCUT2D eigenvalue weighted by Crippen LogP contribution is -2.66. The third kappa shape index (κ3) is 2.27. The molecule has 2 atom stereocenters. The second-order valence-corrected chi connectivity index (χ2v) is 5.11. The van der Waals surface area contributed by atoms with E-state index in [9.17, 15) is 9.59 Å². The number of nitrogens with one attached hydrogen (secondary N) is 1. The van der Waals surface area contributed by atoms with Crippen LogP contribution >= 0.6 is 0 Å². The van der Waals surface area contributed by atoms with Crippen LogP contribution in [0.4, 0.5) is 0 Å². The summed E-state index contributed by atoms with van der Waals surface area (Å²) in [5.74, 6) is 2.23. The minimum absolute atomic E-state index is 0.119. The first kappa shape index (κ1) is 14.1. The van der Waals surface area contributed by atoms with Crippen molar-refractivity contribution in [2.24, 2.45) is 0 Å². The second-order valence-electron chi connectivity index (χ2n) is 5.11. The van der Waals surface area contributed by atoms with Gasteiger partial charge in [-0.05, 0) is 19.4 Å². The van der Waals surface area contributed by atoms with E-state index >= 15 is 0 Å². The van der Waals surface area contributed by atoms with Gasteiger partial charge >= 0.3 is 0 Å². The Morgan fingerprint density at radius 2 is 2.00 bits per heavy atom. The summed E-state index contributed by atoms with van der Waals surface area (Å²) in [5, 5.41) is 2.83. The van der Waals surface area contributed by atoms with E-state index in [0.29, 0.717) is 13.0 Å². The molecule has 2 amide bonds. The Bertz CT molecular complexity index is 562. The molecule has 4 nitrogen and oxygen atoms in total. The normalized spacial score (nSPS) is 26.1. The highest BCUT2D eigenvalue weighted by atomic mass is 16.2. The number of amides is 2. The van der Waals surface area contributed by atoms with Crippen LogP contribution in [0.15, 0.2) is 30.3 Å². The van der Waals surface area contributed by atoms with Gasteiger partial charge in [-0.15, -0.1) is 12.3 Å². The summed E-state index contributed by atoms with van der Waals surface area (Å²) in [6, 6.07) is 8.77. The van der Waals surface area contributed by atoms with Gasteiger partial charge in [-0.3, -0.25) is 9.59 Å². The van der Waals surface area contributed by atoms with Gasteiger partial charge in [0.05, 0.1) is 0 Å². The monoisotopic (exact) mass is 270 g/mol. The lowest BCUT2D eigenvalue weighted by atomic mass is 9.87. The van der Waals surface area contributed by atoms with E-state index in [1.54, 1.807) is 18.7 Å². The maximum absolute atomic E-state index is 12.8. The lowest BCUT2D eigenvalue weighted by molar-refractivity contribution is -0.154. The average Bonchev–Trinajstić information content (AvgIpc) is 2.46. The SMILES string of the molecule is C#CCCN1C(=O)C(C)(c2ccccc2)NC(=O)C1C. The van der Waals surface area contributed by atoms with Crippen molar-refractivity contribution in [2.45, 2.75) is 31.8 Å². The molecular formula is C16H18N2O2. The topological polar surface area (TPSA) is 49.4 Å². The minimum atomic E-state index is -1.03. The standard InChI is InChI=1S/C16H18N2O2/c1-4-5-11-18-12(2)14(19)17-16(3,15(18)20)13-9-7-6-8-10-13/h1,6-10,12H,5,11H2,2-3H3,(H,17,19). The Hall–Kier alpha value is -2.28. The van der Waals surface area contributed by atoms with Crippen molar-refractivity contribution in [3.63, 3.8) is 0 Å². The van der Waals surface area contributed by atoms with Crippen molar-refractivity contribution in [1.82, 2.24) is 10.2 Å². The first-order chi connectivity index (χ1) is 9.50. The molecule has 1 fully saturated rings. The van der Waals surface area contributed by atoms with Crippen LogP contribution in [-0.2, 0) is 15.1 Å². The number of carbonyl (C=O) groups excluding carboxylic acids is 2. The molecule has 0 spiro atoms. The molecule has 4 heteroatoms. The molecule has 2 rings (SSSR count). The maximum Gasteiger partial charge on any atom is 0.253 e. The highest BCUT2D eigenvalue weighted by Crippen LogP contribution is 2.28. The Morgan fingerprint density at radius 1 is 1.35 bits per heavy atom. The Balaban J connectivity index is 2.38. The molecule has 1 heterocycles. The van der Waals surface area contributed by atoms with Crippen molar-refractivity contribution in [3.05, 3.63) is 35.9 Å². The molecule has 1 aliphatic heterocycles. The summed E-state index contributed by atoms with van der Waals surface area (Å²) in [5.41, 5.74) is -0.254. The molecule has 1 aromatic carbocycles. The van der Waals surface area contributed by atoms with E-state index in [1.807, 2.05) is 30.3 Å². The van der Waals surface area contributed by atoms with Crippen molar-refractivity contribution in [2.75, 3.05) is 6.54 Å². The zero-order valence-corrected chi connectivity index (χ0v) is 11.7. The first-order valence-electron chi connectivity index (χ1n) is 6.63. The van der Waals surface area contributed by atoms with Crippen LogP contribution in [0.2, 0.25) is 0 Å². The van der Waals surface area contributed by atoms with Crippen molar-refractivity contribution >= 4 is 11.8 Å². The molecule has 0 aliphatic carbocycles. The van der Waals surface area contributed by atoms with E-state index in [0.717, 1.165) is 5.56 Å². The quantitative estimate of drug-likeness (QED) is 0.841. The number of nitrogens with zero attached hydrogens (tertiary/aromatic N) is 1. The van der Waals surface area contributed by atoms with Crippen LogP contribution in [0.25, 0.3) is 0 Å². The molecule has 0 bridgehead atoms. The summed E-state index contributed by atoms with van der Waals surface area (Å²) in [7, 11) is 0. The summed E-state index contributed by atoms with van der Waals surface area (Å²) in [4.78, 5) is 26.5. The number of piperazine rings is 1. The predicted molar refractivity (Wildman–Crippen MR) is 76.6 cm³/mol. The van der Waals surface area contributed by atoms with E-state index in [2.05, 4.69) is 11.2 Å². The van der Waals surface area contributed by atoms with Gasteiger partial charge in [-0.1, -0.05) is 30.3 Å². The van der Waals surface area contributed by atoms with Crippen LogP contribution in [0, 0.1) is 12.3 Å². The Morgan fingerprint density at radius 3 is 2.60 bits per heavy atom. The van der Waals surface area contributed by atoms with Crippen LogP contribution < -0.4 is 5.32 Å². The number of rotatable bonds is 3. The third-order valence-corrected chi connectivity index (χ3v) is 3.76. The fourth-order valence-corrected chi connectivity index (χ4v) is 2.46. The largest absolute Gasteiger partial charge is 0.336 e. The summed E-state index contributed by atoms with van der Waals surface area (Å²) < 4.78 is 0. The minimum Gasteiger partial charge on any atom is -0.336 e. The molecule has 0 radical (unpaired) electrons. The zero-order valence-electron chi connectivity index (χ0n) is 11.7. The van der Waals surface area contributed by atoms with Gasteiger partial charge in [0.25, 0.3) is 5.91 Å². The van der Waals surface area contributed by atoms with Crippen LogP contribution in [0.3, 0.4) is 0 Å². The molecule has 1 aromatic rings. The van der Waals surface area contributed by atoms with Crippen molar-refractivity contribution < 1.29 is 9.59 Å². The third-order valence-electron chi connectivity index (χ3n) is 3.76. The van der Waals surface area contributed by atoms with E-state index < -0.39 is 11.6 Å². The molecule has 20 heavy (non-hydrogen) atoms. The van der Waals surface area contributed by atoms with Crippen LogP contribution in [0.5, 0.6) is 0 Å². The number of carbonyl (C=O) groups is 2. The molecular weight excluding hydrogens is 252 g/mol. The number of hydrogen-bond acceptors (Lipinski definition) is 2. The maximum atomic E-state index is 12.8. The molecule has 104 valence electrons. The first-order valence-corrected chi connectivity index (χ1v) is 6.63. The van der Waals surface area contributed by atoms with Crippen LogP contribution in [0.1, 0.15) is 25.8 Å². The summed E-state index contributed by atoms with van der Waals surface area (Å²) >= 11 is 0. The number of benzene rings is 1. The average molecular weight is 270 g/mol. The van der Waals surface area contributed by atoms with E-state index in [4.69, 9.17) is 6.42 Å². The highest BCUT2D eigenvalue weighted by Gasteiger charge is 2.47. The van der Waals surface area contributed by atoms with E-state index in [1.165, 1.54) is 0 Å². The van der Waals surface area contributed by atoms with Gasteiger partial charge < -0.3 is 10.2 Å². The second kappa shape index (κ2) is 5.38. The molecule has 1 saturated heterocycles. The molecule has 0 saturated carbocycles. The van der Waals surface area contributed by atoms with E-state index in [-0.39, 0.29) is 11.8 Å². The van der Waals surface area contributed by atoms with Crippen LogP contribution in [-0.4, -0.2) is 29.3 Å².